The van der Waals surface area contributed by atoms with E-state index < -0.39 is 0 Å². The Kier molecular flexibility index (Phi) is 6.68. The fraction of sp³-hybridized carbons (Fsp3) is 0.667. The molecule has 1 saturated heterocycles. The minimum atomic E-state index is 0.465. The summed E-state index contributed by atoms with van der Waals surface area (Å²) in [5.74, 6) is 0.719. The summed E-state index contributed by atoms with van der Waals surface area (Å²) in [5, 5.41) is 3.76. The molecular formula is C18H30N2O. The van der Waals surface area contributed by atoms with Crippen LogP contribution >= 0.6 is 0 Å². The molecule has 2 rings (SSSR count). The summed E-state index contributed by atoms with van der Waals surface area (Å²) in [5.41, 5.74) is 1.41. The van der Waals surface area contributed by atoms with Crippen LogP contribution in [0.4, 0.5) is 0 Å². The average Bonchev–Trinajstić information content (AvgIpc) is 2.55. The largest absolute Gasteiger partial charge is 0.380 e. The zero-order valence-electron chi connectivity index (χ0n) is 13.7. The van der Waals surface area contributed by atoms with Crippen molar-refractivity contribution in [2.75, 3.05) is 32.8 Å². The van der Waals surface area contributed by atoms with Gasteiger partial charge in [-0.05, 0) is 18.4 Å². The van der Waals surface area contributed by atoms with E-state index in [9.17, 15) is 0 Å². The predicted molar refractivity (Wildman–Crippen MR) is 88.5 cm³/mol. The Hall–Kier alpha value is -0.900. The molecule has 1 N–H and O–H groups in total. The van der Waals surface area contributed by atoms with Gasteiger partial charge in [0, 0.05) is 38.3 Å². The Labute approximate surface area is 129 Å². The summed E-state index contributed by atoms with van der Waals surface area (Å²) < 4.78 is 5.58. The van der Waals surface area contributed by atoms with Gasteiger partial charge in [0.15, 0.2) is 0 Å². The van der Waals surface area contributed by atoms with Crippen molar-refractivity contribution in [2.45, 2.75) is 39.3 Å². The molecule has 3 heteroatoms. The first-order valence-electron chi connectivity index (χ1n) is 8.36. The lowest BCUT2D eigenvalue weighted by molar-refractivity contribution is 0.0610. The quantitative estimate of drug-likeness (QED) is 0.781. The zero-order chi connectivity index (χ0) is 15.1. The lowest BCUT2D eigenvalue weighted by Gasteiger charge is -2.42. The van der Waals surface area contributed by atoms with E-state index in [0.717, 1.165) is 38.8 Å². The molecule has 0 radical (unpaired) electrons. The molecule has 0 bridgehead atoms. The number of nitrogens with one attached hydrogen (secondary N) is 1. The SMILES string of the molecule is CCOCCN1CC(C(C)CC)NCC1c1ccccc1. The minimum absolute atomic E-state index is 0.465. The van der Waals surface area contributed by atoms with Gasteiger partial charge in [-0.2, -0.15) is 0 Å². The highest BCUT2D eigenvalue weighted by Gasteiger charge is 2.30. The highest BCUT2D eigenvalue weighted by molar-refractivity contribution is 5.20. The number of rotatable bonds is 7. The molecule has 3 unspecified atom stereocenters. The van der Waals surface area contributed by atoms with Gasteiger partial charge in [-0.25, -0.2) is 0 Å². The fourth-order valence-corrected chi connectivity index (χ4v) is 3.08. The van der Waals surface area contributed by atoms with Gasteiger partial charge in [0.2, 0.25) is 0 Å². The van der Waals surface area contributed by atoms with Gasteiger partial charge in [-0.15, -0.1) is 0 Å². The van der Waals surface area contributed by atoms with Crippen LogP contribution in [0.5, 0.6) is 0 Å². The molecule has 1 fully saturated rings. The van der Waals surface area contributed by atoms with Gasteiger partial charge in [0.1, 0.15) is 0 Å². The second kappa shape index (κ2) is 8.52. The van der Waals surface area contributed by atoms with Gasteiger partial charge in [0.25, 0.3) is 0 Å². The third-order valence-electron chi connectivity index (χ3n) is 4.69. The predicted octanol–water partition coefficient (Wildman–Crippen LogP) is 3.08. The summed E-state index contributed by atoms with van der Waals surface area (Å²) in [4.78, 5) is 2.60. The molecule has 3 nitrogen and oxygen atoms in total. The number of hydrogen-bond acceptors (Lipinski definition) is 3. The Bertz CT molecular complexity index is 395. The normalized spacial score (nSPS) is 24.9. The molecule has 1 aromatic rings. The molecule has 0 amide bonds. The van der Waals surface area contributed by atoms with Crippen molar-refractivity contribution in [1.82, 2.24) is 10.2 Å². The smallest absolute Gasteiger partial charge is 0.0593 e. The van der Waals surface area contributed by atoms with Crippen molar-refractivity contribution in [3.05, 3.63) is 35.9 Å². The van der Waals surface area contributed by atoms with Gasteiger partial charge in [0.05, 0.1) is 6.61 Å². The van der Waals surface area contributed by atoms with Crippen molar-refractivity contribution in [3.63, 3.8) is 0 Å². The molecule has 1 aliphatic rings. The molecule has 3 atom stereocenters. The maximum atomic E-state index is 5.58. The van der Waals surface area contributed by atoms with E-state index in [2.05, 4.69) is 61.3 Å². The summed E-state index contributed by atoms with van der Waals surface area (Å²) in [7, 11) is 0. The van der Waals surface area contributed by atoms with Crippen LogP contribution in [-0.2, 0) is 4.74 Å². The van der Waals surface area contributed by atoms with Gasteiger partial charge >= 0.3 is 0 Å². The van der Waals surface area contributed by atoms with E-state index in [1.807, 2.05) is 0 Å². The summed E-state index contributed by atoms with van der Waals surface area (Å²) in [6, 6.07) is 11.9. The monoisotopic (exact) mass is 290 g/mol. The molecular weight excluding hydrogens is 260 g/mol. The van der Waals surface area contributed by atoms with Crippen LogP contribution in [0, 0.1) is 5.92 Å². The minimum Gasteiger partial charge on any atom is -0.380 e. The zero-order valence-corrected chi connectivity index (χ0v) is 13.7. The Morgan fingerprint density at radius 1 is 1.29 bits per heavy atom. The van der Waals surface area contributed by atoms with Crippen LogP contribution in [0.1, 0.15) is 38.8 Å². The molecule has 1 aromatic carbocycles. The molecule has 1 heterocycles. The van der Waals surface area contributed by atoms with Crippen molar-refractivity contribution in [3.8, 4) is 0 Å². The third-order valence-corrected chi connectivity index (χ3v) is 4.69. The standard InChI is InChI=1S/C18H30N2O/c1-4-15(3)17-14-20(11-12-21-5-2)18(13-19-17)16-9-7-6-8-10-16/h6-10,15,17-19H,4-5,11-14H2,1-3H3. The molecule has 0 spiro atoms. The van der Waals surface area contributed by atoms with Crippen LogP contribution in [0.15, 0.2) is 30.3 Å². The fourth-order valence-electron chi connectivity index (χ4n) is 3.08. The Morgan fingerprint density at radius 3 is 2.71 bits per heavy atom. The van der Waals surface area contributed by atoms with Crippen LogP contribution in [0.3, 0.4) is 0 Å². The lowest BCUT2D eigenvalue weighted by atomic mass is 9.93. The van der Waals surface area contributed by atoms with Crippen LogP contribution in [-0.4, -0.2) is 43.8 Å². The van der Waals surface area contributed by atoms with E-state index in [1.54, 1.807) is 0 Å². The highest BCUT2D eigenvalue weighted by atomic mass is 16.5. The average molecular weight is 290 g/mol. The third kappa shape index (κ3) is 4.53. The number of benzene rings is 1. The number of hydrogen-bond donors (Lipinski definition) is 1. The molecule has 0 saturated carbocycles. The topological polar surface area (TPSA) is 24.5 Å². The van der Waals surface area contributed by atoms with E-state index in [4.69, 9.17) is 4.74 Å². The second-order valence-electron chi connectivity index (χ2n) is 6.02. The van der Waals surface area contributed by atoms with Crippen molar-refractivity contribution < 1.29 is 4.74 Å². The molecule has 21 heavy (non-hydrogen) atoms. The number of piperazine rings is 1. The van der Waals surface area contributed by atoms with Crippen molar-refractivity contribution in [1.29, 1.82) is 0 Å². The molecule has 0 aromatic heterocycles. The highest BCUT2D eigenvalue weighted by Crippen LogP contribution is 2.25. The van der Waals surface area contributed by atoms with Crippen LogP contribution in [0.2, 0.25) is 0 Å². The number of nitrogens with zero attached hydrogens (tertiary/aromatic N) is 1. The lowest BCUT2D eigenvalue weighted by Crippen LogP contribution is -2.55. The molecule has 118 valence electrons. The van der Waals surface area contributed by atoms with Crippen LogP contribution < -0.4 is 5.32 Å². The number of ether oxygens (including phenoxy) is 1. The molecule has 0 aliphatic carbocycles. The van der Waals surface area contributed by atoms with E-state index in [1.165, 1.54) is 12.0 Å². The van der Waals surface area contributed by atoms with E-state index in [0.29, 0.717) is 12.1 Å². The second-order valence-corrected chi connectivity index (χ2v) is 6.02. The van der Waals surface area contributed by atoms with Gasteiger partial charge in [-0.3, -0.25) is 4.90 Å². The summed E-state index contributed by atoms with van der Waals surface area (Å²) in [6.07, 6.45) is 1.23. The van der Waals surface area contributed by atoms with E-state index in [-0.39, 0.29) is 0 Å². The van der Waals surface area contributed by atoms with Gasteiger partial charge in [-0.1, -0.05) is 50.6 Å². The maximum absolute atomic E-state index is 5.58. The van der Waals surface area contributed by atoms with E-state index >= 15 is 0 Å². The molecule has 1 aliphatic heterocycles. The van der Waals surface area contributed by atoms with Gasteiger partial charge < -0.3 is 10.1 Å². The Morgan fingerprint density at radius 2 is 2.05 bits per heavy atom. The maximum Gasteiger partial charge on any atom is 0.0593 e. The first kappa shape index (κ1) is 16.5. The first-order chi connectivity index (χ1) is 10.3. The van der Waals surface area contributed by atoms with Crippen molar-refractivity contribution in [2.24, 2.45) is 5.92 Å². The first-order valence-corrected chi connectivity index (χ1v) is 8.36. The summed E-state index contributed by atoms with van der Waals surface area (Å²) in [6.45, 7) is 11.5. The summed E-state index contributed by atoms with van der Waals surface area (Å²) >= 11 is 0. The Balaban J connectivity index is 2.04. The van der Waals surface area contributed by atoms with Crippen molar-refractivity contribution >= 4 is 0 Å². The van der Waals surface area contributed by atoms with Crippen LogP contribution in [0.25, 0.3) is 0 Å².